The molecule has 0 aliphatic carbocycles. The number of halogens is 4. The van der Waals surface area contributed by atoms with Crippen molar-refractivity contribution in [2.24, 2.45) is 0 Å². The van der Waals surface area contributed by atoms with Crippen LogP contribution in [0.3, 0.4) is 0 Å². The number of hydrogen-bond donors (Lipinski definition) is 0. The molecule has 27 heavy (non-hydrogen) atoms. The highest BCUT2D eigenvalue weighted by atomic mass is 79.9. The standard InChI is InChI=1S/C18H10BrCl2FN2O3/c19-13-7-11(22)6-5-10(13)9-27-18(26)12-3-1-2-4-15(12)24-17(25)16(21)14(20)8-23-24/h1-8H,9H2. The van der Waals surface area contributed by atoms with E-state index in [1.807, 2.05) is 0 Å². The summed E-state index contributed by atoms with van der Waals surface area (Å²) in [5, 5.41) is 3.73. The Morgan fingerprint density at radius 2 is 1.96 bits per heavy atom. The minimum atomic E-state index is -0.679. The fourth-order valence-corrected chi connectivity index (χ4v) is 2.99. The van der Waals surface area contributed by atoms with E-state index in [0.717, 1.165) is 4.68 Å². The van der Waals surface area contributed by atoms with Gasteiger partial charge in [0.15, 0.2) is 0 Å². The maximum Gasteiger partial charge on any atom is 0.340 e. The molecular formula is C18H10BrCl2FN2O3. The van der Waals surface area contributed by atoms with Gasteiger partial charge < -0.3 is 4.74 Å². The van der Waals surface area contributed by atoms with Gasteiger partial charge in [-0.05, 0) is 24.3 Å². The van der Waals surface area contributed by atoms with Crippen LogP contribution in [0.5, 0.6) is 0 Å². The molecule has 0 radical (unpaired) electrons. The summed E-state index contributed by atoms with van der Waals surface area (Å²) in [7, 11) is 0. The SMILES string of the molecule is O=C(OCc1ccc(F)cc1Br)c1ccccc1-n1ncc(Cl)c(Cl)c1=O. The minimum absolute atomic E-state index is 0.0131. The van der Waals surface area contributed by atoms with Crippen LogP contribution in [0, 0.1) is 5.82 Å². The second kappa shape index (κ2) is 8.21. The van der Waals surface area contributed by atoms with Crippen molar-refractivity contribution in [2.75, 3.05) is 0 Å². The number of esters is 1. The minimum Gasteiger partial charge on any atom is -0.457 e. The van der Waals surface area contributed by atoms with Gasteiger partial charge in [-0.3, -0.25) is 4.79 Å². The number of carbonyl (C=O) groups excluding carboxylic acids is 1. The lowest BCUT2D eigenvalue weighted by Crippen LogP contribution is -2.23. The Morgan fingerprint density at radius 3 is 2.70 bits per heavy atom. The number of nitrogens with zero attached hydrogens (tertiary/aromatic N) is 2. The Kier molecular flexibility index (Phi) is 5.94. The summed E-state index contributed by atoms with van der Waals surface area (Å²) in [5.41, 5.74) is 0.241. The summed E-state index contributed by atoms with van der Waals surface area (Å²) < 4.78 is 19.9. The third-order valence-corrected chi connectivity index (χ3v) is 5.09. The zero-order valence-corrected chi connectivity index (χ0v) is 16.6. The first-order valence-corrected chi connectivity index (χ1v) is 9.07. The van der Waals surface area contributed by atoms with Gasteiger partial charge in [-0.2, -0.15) is 9.78 Å². The molecule has 0 unspecified atom stereocenters. The maximum absolute atomic E-state index is 13.2. The van der Waals surface area contributed by atoms with Crippen molar-refractivity contribution in [3.8, 4) is 5.69 Å². The van der Waals surface area contributed by atoms with Crippen molar-refractivity contribution in [2.45, 2.75) is 6.61 Å². The van der Waals surface area contributed by atoms with Crippen molar-refractivity contribution < 1.29 is 13.9 Å². The zero-order chi connectivity index (χ0) is 19.6. The smallest absolute Gasteiger partial charge is 0.340 e. The highest BCUT2D eigenvalue weighted by Crippen LogP contribution is 2.21. The maximum atomic E-state index is 13.2. The number of para-hydroxylation sites is 1. The molecule has 3 rings (SSSR count). The molecule has 138 valence electrons. The Morgan fingerprint density at radius 1 is 1.22 bits per heavy atom. The molecule has 0 amide bonds. The van der Waals surface area contributed by atoms with Crippen LogP contribution in [0.4, 0.5) is 4.39 Å². The highest BCUT2D eigenvalue weighted by molar-refractivity contribution is 9.10. The van der Waals surface area contributed by atoms with Gasteiger partial charge in [-0.25, -0.2) is 9.18 Å². The van der Waals surface area contributed by atoms with Gasteiger partial charge in [-0.15, -0.1) is 0 Å². The summed E-state index contributed by atoms with van der Waals surface area (Å²) in [4.78, 5) is 24.9. The topological polar surface area (TPSA) is 61.2 Å². The van der Waals surface area contributed by atoms with Crippen molar-refractivity contribution in [1.82, 2.24) is 9.78 Å². The molecule has 1 heterocycles. The predicted molar refractivity (Wildman–Crippen MR) is 103 cm³/mol. The van der Waals surface area contributed by atoms with Gasteiger partial charge in [0, 0.05) is 10.0 Å². The first kappa shape index (κ1) is 19.5. The molecule has 1 aromatic heterocycles. The van der Waals surface area contributed by atoms with E-state index >= 15 is 0 Å². The normalized spacial score (nSPS) is 10.7. The fourth-order valence-electron chi connectivity index (χ4n) is 2.28. The van der Waals surface area contributed by atoms with E-state index in [0.29, 0.717) is 10.0 Å². The van der Waals surface area contributed by atoms with Crippen molar-refractivity contribution in [3.05, 3.63) is 90.5 Å². The molecule has 0 fully saturated rings. The molecule has 0 aliphatic heterocycles. The van der Waals surface area contributed by atoms with Crippen LogP contribution in [-0.4, -0.2) is 15.7 Å². The summed E-state index contributed by atoms with van der Waals surface area (Å²) in [6.07, 6.45) is 1.21. The predicted octanol–water partition coefficient (Wildman–Crippen LogP) is 4.80. The van der Waals surface area contributed by atoms with Crippen molar-refractivity contribution in [3.63, 3.8) is 0 Å². The number of ether oxygens (including phenoxy) is 1. The van der Waals surface area contributed by atoms with Crippen LogP contribution in [0.1, 0.15) is 15.9 Å². The van der Waals surface area contributed by atoms with Gasteiger partial charge in [0.25, 0.3) is 5.56 Å². The van der Waals surface area contributed by atoms with Gasteiger partial charge >= 0.3 is 5.97 Å². The van der Waals surface area contributed by atoms with Crippen LogP contribution < -0.4 is 5.56 Å². The first-order chi connectivity index (χ1) is 12.9. The zero-order valence-electron chi connectivity index (χ0n) is 13.5. The van der Waals surface area contributed by atoms with Gasteiger partial charge in [0.05, 0.1) is 22.5 Å². The molecule has 0 bridgehead atoms. The summed E-state index contributed by atoms with van der Waals surface area (Å²) >= 11 is 14.9. The third kappa shape index (κ3) is 4.21. The van der Waals surface area contributed by atoms with Crippen molar-refractivity contribution in [1.29, 1.82) is 0 Å². The molecule has 0 saturated heterocycles. The van der Waals surface area contributed by atoms with Gasteiger partial charge in [0.2, 0.25) is 0 Å². The number of aromatic nitrogens is 2. The Hall–Kier alpha value is -2.22. The van der Waals surface area contributed by atoms with E-state index in [1.54, 1.807) is 12.1 Å². The number of hydrogen-bond acceptors (Lipinski definition) is 4. The number of benzene rings is 2. The Bertz CT molecular complexity index is 1090. The molecule has 0 aliphatic rings. The Labute approximate surface area is 171 Å². The van der Waals surface area contributed by atoms with Crippen molar-refractivity contribution >= 4 is 45.1 Å². The monoisotopic (exact) mass is 470 g/mol. The number of rotatable bonds is 4. The lowest BCUT2D eigenvalue weighted by molar-refractivity contribution is 0.0471. The molecule has 0 spiro atoms. The Balaban J connectivity index is 1.91. The molecule has 2 aromatic carbocycles. The number of carbonyl (C=O) groups is 1. The fraction of sp³-hybridized carbons (Fsp3) is 0.0556. The second-order valence-corrected chi connectivity index (χ2v) is 6.99. The van der Waals surface area contributed by atoms with Gasteiger partial charge in [0.1, 0.15) is 17.4 Å². The molecule has 9 heteroatoms. The summed E-state index contributed by atoms with van der Waals surface area (Å²) in [6.45, 7) is -0.0856. The van der Waals surface area contributed by atoms with E-state index < -0.39 is 17.3 Å². The second-order valence-electron chi connectivity index (χ2n) is 5.35. The van der Waals surface area contributed by atoms with Crippen LogP contribution in [0.25, 0.3) is 5.69 Å². The molecule has 0 saturated carbocycles. The van der Waals surface area contributed by atoms with Crippen LogP contribution in [0.2, 0.25) is 10.0 Å². The van der Waals surface area contributed by atoms with Crippen LogP contribution in [0.15, 0.2) is 57.9 Å². The summed E-state index contributed by atoms with van der Waals surface area (Å²) in [5.74, 6) is -1.09. The van der Waals surface area contributed by atoms with Crippen LogP contribution in [-0.2, 0) is 11.3 Å². The average molecular weight is 472 g/mol. The molecule has 0 atom stereocenters. The largest absolute Gasteiger partial charge is 0.457 e. The van der Waals surface area contributed by atoms with Crippen LogP contribution >= 0.6 is 39.1 Å². The molecule has 0 N–H and O–H groups in total. The summed E-state index contributed by atoms with van der Waals surface area (Å²) in [6, 6.07) is 10.3. The average Bonchev–Trinajstić information content (AvgIpc) is 2.65. The van der Waals surface area contributed by atoms with E-state index in [4.69, 9.17) is 27.9 Å². The lowest BCUT2D eigenvalue weighted by Gasteiger charge is -2.12. The van der Waals surface area contributed by atoms with E-state index in [9.17, 15) is 14.0 Å². The first-order valence-electron chi connectivity index (χ1n) is 7.52. The molecular weight excluding hydrogens is 462 g/mol. The third-order valence-electron chi connectivity index (χ3n) is 3.60. The molecule has 3 aromatic rings. The molecule has 5 nitrogen and oxygen atoms in total. The quantitative estimate of drug-likeness (QED) is 0.513. The highest BCUT2D eigenvalue weighted by Gasteiger charge is 2.18. The van der Waals surface area contributed by atoms with E-state index in [2.05, 4.69) is 21.0 Å². The lowest BCUT2D eigenvalue weighted by atomic mass is 10.2. The van der Waals surface area contributed by atoms with E-state index in [-0.39, 0.29) is 27.9 Å². The van der Waals surface area contributed by atoms with E-state index in [1.165, 1.54) is 36.5 Å². The van der Waals surface area contributed by atoms with Gasteiger partial charge in [-0.1, -0.05) is 57.3 Å².